The van der Waals surface area contributed by atoms with Gasteiger partial charge in [-0.05, 0) is 22.7 Å². The van der Waals surface area contributed by atoms with Crippen LogP contribution in [0.5, 0.6) is 0 Å². The van der Waals surface area contributed by atoms with E-state index in [1.54, 1.807) is 0 Å². The van der Waals surface area contributed by atoms with E-state index in [0.717, 1.165) is 39.1 Å². The van der Waals surface area contributed by atoms with Gasteiger partial charge in [0, 0.05) is 11.1 Å². The van der Waals surface area contributed by atoms with Crippen molar-refractivity contribution in [2.24, 2.45) is 10.4 Å². The van der Waals surface area contributed by atoms with Gasteiger partial charge in [-0.25, -0.2) is 4.98 Å². The Bertz CT molecular complexity index is 1320. The van der Waals surface area contributed by atoms with Gasteiger partial charge < -0.3 is 5.32 Å². The van der Waals surface area contributed by atoms with Crippen LogP contribution in [0, 0.1) is 11.5 Å². The molecule has 35 heavy (non-hydrogen) atoms. The summed E-state index contributed by atoms with van der Waals surface area (Å²) in [5.41, 5.74) is 5.42. The molecule has 0 spiro atoms. The van der Waals surface area contributed by atoms with Crippen LogP contribution in [-0.4, -0.2) is 21.2 Å². The number of nitrogens with zero attached hydrogens (tertiary/aromatic N) is 4. The van der Waals surface area contributed by atoms with Crippen molar-refractivity contribution < 1.29 is 21.1 Å². The molecule has 1 heterocycles. The summed E-state index contributed by atoms with van der Waals surface area (Å²) in [5.74, 6) is 0.693. The van der Waals surface area contributed by atoms with Gasteiger partial charge in [-0.2, -0.15) is 0 Å². The van der Waals surface area contributed by atoms with Gasteiger partial charge >= 0.3 is 21.1 Å². The van der Waals surface area contributed by atoms with Crippen molar-refractivity contribution in [1.82, 2.24) is 9.97 Å². The molecule has 5 heteroatoms. The van der Waals surface area contributed by atoms with Crippen LogP contribution in [0.2, 0.25) is 0 Å². The maximum atomic E-state index is 5.09. The van der Waals surface area contributed by atoms with E-state index >= 15 is 0 Å². The molecule has 0 atom stereocenters. The van der Waals surface area contributed by atoms with E-state index in [1.807, 2.05) is 54.6 Å². The summed E-state index contributed by atoms with van der Waals surface area (Å²) < 4.78 is 0. The number of rotatable bonds is 5. The van der Waals surface area contributed by atoms with E-state index in [2.05, 4.69) is 65.8 Å². The molecule has 0 fully saturated rings. The molecule has 3 aromatic carbocycles. The third-order valence-electron chi connectivity index (χ3n) is 5.32. The molecule has 0 amide bonds. The van der Waals surface area contributed by atoms with Gasteiger partial charge in [-0.1, -0.05) is 84.0 Å². The quantitative estimate of drug-likeness (QED) is 0.164. The molecule has 0 aliphatic heterocycles. The van der Waals surface area contributed by atoms with E-state index in [-0.39, 0.29) is 32.0 Å². The normalized spacial score (nSPS) is 12.3. The number of hydrogen-bond acceptors (Lipinski definition) is 3. The monoisotopic (exact) mass is 643 g/mol. The van der Waals surface area contributed by atoms with Gasteiger partial charge in [-0.15, -0.1) is 47.1 Å². The second kappa shape index (κ2) is 10.8. The predicted octanol–water partition coefficient (Wildman–Crippen LogP) is 7.93. The summed E-state index contributed by atoms with van der Waals surface area (Å²) in [5, 5.41) is 5.98. The Balaban J connectivity index is 0.00000342. The van der Waals surface area contributed by atoms with Crippen LogP contribution in [0.25, 0.3) is 27.5 Å². The Labute approximate surface area is 223 Å². The van der Waals surface area contributed by atoms with Crippen LogP contribution in [0.3, 0.4) is 0 Å². The van der Waals surface area contributed by atoms with E-state index < -0.39 is 0 Å². The van der Waals surface area contributed by atoms with Gasteiger partial charge in [0.1, 0.15) is 5.82 Å². The Hall–Kier alpha value is -2.84. The maximum Gasteiger partial charge on any atom is 2.00 e. The van der Waals surface area contributed by atoms with E-state index in [4.69, 9.17) is 20.3 Å². The van der Waals surface area contributed by atoms with Crippen LogP contribution in [0.1, 0.15) is 52.9 Å². The Morgan fingerprint density at radius 2 is 1.54 bits per heavy atom. The van der Waals surface area contributed by atoms with E-state index in [0.29, 0.717) is 12.4 Å². The molecule has 0 saturated carbocycles. The number of fused-ring (bicyclic) bond motifs is 1. The molecule has 0 unspecified atom stereocenters. The number of aliphatic imine (C=N–C) groups is 1. The Morgan fingerprint density at radius 3 is 2.23 bits per heavy atom. The minimum Gasteiger partial charge on any atom is -0.679 e. The second-order valence-electron chi connectivity index (χ2n) is 10.5. The molecule has 0 aliphatic rings. The van der Waals surface area contributed by atoms with Crippen molar-refractivity contribution in [3.8, 4) is 11.3 Å². The smallest absolute Gasteiger partial charge is 0.679 e. The van der Waals surface area contributed by atoms with Crippen molar-refractivity contribution in [2.45, 2.75) is 53.6 Å². The summed E-state index contributed by atoms with van der Waals surface area (Å²) in [6, 6.07) is 27.6. The van der Waals surface area contributed by atoms with Gasteiger partial charge in [0.15, 0.2) is 0 Å². The molecule has 0 bridgehead atoms. The summed E-state index contributed by atoms with van der Waals surface area (Å²) in [7, 11) is 0. The average Bonchev–Trinajstić information content (AvgIpc) is 2.78. The molecule has 1 aromatic heterocycles. The number of hydrogen-bond donors (Lipinski definition) is 0. The van der Waals surface area contributed by atoms with Crippen LogP contribution < -0.4 is 0 Å². The second-order valence-corrected chi connectivity index (χ2v) is 10.5. The molecule has 0 radical (unpaired) electrons. The third-order valence-corrected chi connectivity index (χ3v) is 5.32. The zero-order valence-electron chi connectivity index (χ0n) is 21.2. The molecular weight excluding hydrogens is 611 g/mol. The number of benzene rings is 3. The molecule has 4 nitrogen and oxygen atoms in total. The standard InChI is InChI=1S/C30H32N4.Pt/c1-29(2,3)28(23-17-11-13-19-25(23)34-30(4,5)6)31-20-26-32-24-18-12-10-16-22(24)27(33-26)21-14-8-7-9-15-21;/h7-14,16-19H,20H2,1-6H3;/q-2;+2. The third kappa shape index (κ3) is 6.64. The minimum atomic E-state index is -0.179. The molecule has 4 aromatic rings. The summed E-state index contributed by atoms with van der Waals surface area (Å²) >= 11 is 0. The molecule has 0 N–H and O–H groups in total. The zero-order valence-corrected chi connectivity index (χ0v) is 23.5. The van der Waals surface area contributed by atoms with Gasteiger partial charge in [-0.3, -0.25) is 9.98 Å². The first kappa shape index (κ1) is 26.8. The molecular formula is C30H32N4Pt. The molecule has 4 rings (SSSR count). The van der Waals surface area contributed by atoms with Crippen LogP contribution >= 0.6 is 0 Å². The Kier molecular flexibility index (Phi) is 8.28. The first-order valence-corrected chi connectivity index (χ1v) is 11.7. The Morgan fingerprint density at radius 1 is 0.857 bits per heavy atom. The largest absolute Gasteiger partial charge is 2.00 e. The van der Waals surface area contributed by atoms with E-state index in [9.17, 15) is 0 Å². The fraction of sp³-hybridized carbons (Fsp3) is 0.300. The number of para-hydroxylation sites is 2. The van der Waals surface area contributed by atoms with Crippen molar-refractivity contribution in [2.75, 3.05) is 0 Å². The van der Waals surface area contributed by atoms with Gasteiger partial charge in [0.25, 0.3) is 0 Å². The van der Waals surface area contributed by atoms with Gasteiger partial charge in [0.05, 0.1) is 12.1 Å². The summed E-state index contributed by atoms with van der Waals surface area (Å²) in [4.78, 5) is 14.9. The summed E-state index contributed by atoms with van der Waals surface area (Å²) in [6.45, 7) is 13.3. The average molecular weight is 644 g/mol. The minimum absolute atomic E-state index is 0. The fourth-order valence-electron chi connectivity index (χ4n) is 3.95. The van der Waals surface area contributed by atoms with Gasteiger partial charge in [0.2, 0.25) is 0 Å². The van der Waals surface area contributed by atoms with Crippen LogP contribution in [-0.2, 0) is 27.6 Å². The van der Waals surface area contributed by atoms with Crippen LogP contribution in [0.15, 0.2) is 77.8 Å². The molecule has 182 valence electrons. The molecule has 0 aliphatic carbocycles. The predicted molar refractivity (Wildman–Crippen MR) is 143 cm³/mol. The van der Waals surface area contributed by atoms with Crippen molar-refractivity contribution >= 4 is 22.3 Å². The zero-order chi connectivity index (χ0) is 24.3. The summed E-state index contributed by atoms with van der Waals surface area (Å²) in [6.07, 6.45) is 0. The fourth-order valence-corrected chi connectivity index (χ4v) is 3.95. The maximum absolute atomic E-state index is 5.09. The number of aromatic nitrogens is 2. The molecule has 0 saturated heterocycles. The SMILES string of the molecule is CC(C)(C)[N-]c1ccccc1C(=NCc1nc(-c2[c-]cccc2)c2ccccc2n1)C(C)(C)C.[Pt+2]. The van der Waals surface area contributed by atoms with E-state index in [1.165, 1.54) is 0 Å². The first-order chi connectivity index (χ1) is 16.1. The first-order valence-electron chi connectivity index (χ1n) is 11.7. The van der Waals surface area contributed by atoms with Crippen molar-refractivity contribution in [3.05, 3.63) is 95.6 Å². The topological polar surface area (TPSA) is 52.2 Å². The van der Waals surface area contributed by atoms with Crippen molar-refractivity contribution in [1.29, 1.82) is 0 Å². The van der Waals surface area contributed by atoms with Crippen LogP contribution in [0.4, 0.5) is 5.69 Å². The van der Waals surface area contributed by atoms with Crippen molar-refractivity contribution in [3.63, 3.8) is 0 Å².